The van der Waals surface area contributed by atoms with Crippen molar-refractivity contribution in [2.45, 2.75) is 68.7 Å². The van der Waals surface area contributed by atoms with Gasteiger partial charge in [-0.1, -0.05) is 18.6 Å². The molecule has 11 heteroatoms. The number of ether oxygens (including phenoxy) is 3. The average molecular weight is 553 g/mol. The molecule has 2 aliphatic carbocycles. The van der Waals surface area contributed by atoms with Crippen molar-refractivity contribution >= 4 is 29.8 Å². The van der Waals surface area contributed by atoms with Crippen LogP contribution < -0.4 is 21.3 Å². The van der Waals surface area contributed by atoms with Crippen LogP contribution in [0.3, 0.4) is 0 Å². The van der Waals surface area contributed by atoms with Gasteiger partial charge in [-0.25, -0.2) is 9.59 Å². The minimum atomic E-state index is -0.372. The van der Waals surface area contributed by atoms with Gasteiger partial charge in [0, 0.05) is 30.5 Å². The Morgan fingerprint density at radius 3 is 2.39 bits per heavy atom. The van der Waals surface area contributed by atoms with E-state index in [1.165, 1.54) is 12.8 Å². The molecule has 0 spiro atoms. The molecule has 214 valence electrons. The second kappa shape index (κ2) is 15.6. The van der Waals surface area contributed by atoms with E-state index in [2.05, 4.69) is 33.4 Å². The molecule has 5 unspecified atom stereocenters. The predicted octanol–water partition coefficient (Wildman–Crippen LogP) is 2.58. The topological polar surface area (TPSA) is 127 Å². The molecule has 4 amide bonds. The highest BCUT2D eigenvalue weighted by Gasteiger charge is 2.49. The lowest BCUT2D eigenvalue weighted by Crippen LogP contribution is -2.36. The molecule has 4 rings (SSSR count). The standard InChI is InChI=1S/C27H44N4O6S/c32-24(10-6-5-9-23-25-22(18-38-23)30-26(33)31-25)28-11-13-35-15-16-36-14-12-29-27(34)37-17-21-19-7-3-1-2-4-8-20(19)21/h1-2,19-23,25H,3-18H2,(H,28,32)(H,29,34)(H2,30,31,33). The largest absolute Gasteiger partial charge is 0.449 e. The normalized spacial score (nSPS) is 29.3. The summed E-state index contributed by atoms with van der Waals surface area (Å²) in [5.41, 5.74) is 0. The Morgan fingerprint density at radius 1 is 0.947 bits per heavy atom. The zero-order chi connectivity index (χ0) is 26.6. The van der Waals surface area contributed by atoms with Crippen LogP contribution in [0.2, 0.25) is 0 Å². The first-order valence-corrected chi connectivity index (χ1v) is 15.3. The molecule has 38 heavy (non-hydrogen) atoms. The van der Waals surface area contributed by atoms with E-state index in [1.54, 1.807) is 0 Å². The number of alkyl carbamates (subject to hydrolysis) is 1. The monoisotopic (exact) mass is 552 g/mol. The molecule has 0 aromatic rings. The maximum atomic E-state index is 12.0. The molecular weight excluding hydrogens is 508 g/mol. The maximum Gasteiger partial charge on any atom is 0.407 e. The Kier molecular flexibility index (Phi) is 11.9. The first-order valence-electron chi connectivity index (χ1n) is 14.3. The van der Waals surface area contributed by atoms with Crippen molar-refractivity contribution in [3.8, 4) is 0 Å². The molecule has 10 nitrogen and oxygen atoms in total. The van der Waals surface area contributed by atoms with Gasteiger partial charge in [0.15, 0.2) is 0 Å². The van der Waals surface area contributed by atoms with E-state index < -0.39 is 0 Å². The third-order valence-electron chi connectivity index (χ3n) is 7.95. The van der Waals surface area contributed by atoms with Crippen molar-refractivity contribution in [3.05, 3.63) is 12.2 Å². The summed E-state index contributed by atoms with van der Waals surface area (Å²) in [7, 11) is 0. The Hall–Kier alpha value is -1.98. The van der Waals surface area contributed by atoms with E-state index in [-0.39, 0.29) is 30.1 Å². The number of carbonyl (C=O) groups is 3. The van der Waals surface area contributed by atoms with E-state index in [1.807, 2.05) is 11.8 Å². The fourth-order valence-corrected chi connectivity index (χ4v) is 7.38. The smallest absolute Gasteiger partial charge is 0.407 e. The van der Waals surface area contributed by atoms with Crippen molar-refractivity contribution in [2.75, 3.05) is 51.9 Å². The molecule has 1 saturated carbocycles. The van der Waals surface area contributed by atoms with Gasteiger partial charge in [0.25, 0.3) is 0 Å². The first kappa shape index (κ1) is 29.0. The third kappa shape index (κ3) is 9.34. The lowest BCUT2D eigenvalue weighted by Gasteiger charge is -2.16. The first-order chi connectivity index (χ1) is 18.6. The molecule has 0 bridgehead atoms. The van der Waals surface area contributed by atoms with Gasteiger partial charge in [0.1, 0.15) is 0 Å². The zero-order valence-corrected chi connectivity index (χ0v) is 23.1. The fraction of sp³-hybridized carbons (Fsp3) is 0.815. The number of hydrogen-bond donors (Lipinski definition) is 4. The minimum Gasteiger partial charge on any atom is -0.449 e. The molecular formula is C27H44N4O6S. The lowest BCUT2D eigenvalue weighted by atomic mass is 10.0. The van der Waals surface area contributed by atoms with Crippen LogP contribution in [0.15, 0.2) is 12.2 Å². The molecule has 2 aliphatic heterocycles. The Balaban J connectivity index is 0.881. The number of amides is 4. The minimum absolute atomic E-state index is 0.0408. The van der Waals surface area contributed by atoms with Crippen LogP contribution in [0.1, 0.15) is 51.4 Å². The van der Waals surface area contributed by atoms with Crippen molar-refractivity contribution in [1.82, 2.24) is 21.3 Å². The Morgan fingerprint density at radius 2 is 1.66 bits per heavy atom. The number of unbranched alkanes of at least 4 members (excludes halogenated alkanes) is 1. The summed E-state index contributed by atoms with van der Waals surface area (Å²) in [6.45, 7) is 3.11. The number of fused-ring (bicyclic) bond motifs is 2. The van der Waals surface area contributed by atoms with Gasteiger partial charge in [-0.05, 0) is 56.3 Å². The van der Waals surface area contributed by atoms with Crippen molar-refractivity contribution in [1.29, 1.82) is 0 Å². The van der Waals surface area contributed by atoms with Crippen LogP contribution in [-0.4, -0.2) is 87.2 Å². The van der Waals surface area contributed by atoms with Crippen LogP contribution in [0, 0.1) is 17.8 Å². The van der Waals surface area contributed by atoms with Crippen LogP contribution in [-0.2, 0) is 19.0 Å². The molecule has 4 N–H and O–H groups in total. The molecule has 3 fully saturated rings. The van der Waals surface area contributed by atoms with Gasteiger partial charge < -0.3 is 35.5 Å². The Bertz CT molecular complexity index is 798. The summed E-state index contributed by atoms with van der Waals surface area (Å²) in [5, 5.41) is 12.0. The van der Waals surface area contributed by atoms with Crippen LogP contribution >= 0.6 is 11.8 Å². The van der Waals surface area contributed by atoms with E-state index in [4.69, 9.17) is 14.2 Å². The highest BCUT2D eigenvalue weighted by Crippen LogP contribution is 2.52. The molecule has 2 heterocycles. The second-order valence-electron chi connectivity index (χ2n) is 10.6. The van der Waals surface area contributed by atoms with E-state index >= 15 is 0 Å². The van der Waals surface area contributed by atoms with Crippen LogP contribution in [0.5, 0.6) is 0 Å². The van der Waals surface area contributed by atoms with E-state index in [0.29, 0.717) is 63.7 Å². The number of carbonyl (C=O) groups excluding carboxylic acids is 3. The van der Waals surface area contributed by atoms with Gasteiger partial charge in [0.2, 0.25) is 5.91 Å². The summed E-state index contributed by atoms with van der Waals surface area (Å²) in [6, 6.07) is 0.419. The number of thioether (sulfide) groups is 1. The molecule has 2 saturated heterocycles. The van der Waals surface area contributed by atoms with Gasteiger partial charge in [-0.2, -0.15) is 11.8 Å². The van der Waals surface area contributed by atoms with Gasteiger partial charge >= 0.3 is 12.1 Å². The molecule has 0 aromatic carbocycles. The number of urea groups is 1. The summed E-state index contributed by atoms with van der Waals surface area (Å²) in [5.74, 6) is 2.98. The van der Waals surface area contributed by atoms with E-state index in [0.717, 1.165) is 49.7 Å². The summed E-state index contributed by atoms with van der Waals surface area (Å²) < 4.78 is 16.4. The molecule has 0 radical (unpaired) electrons. The van der Waals surface area contributed by atoms with Crippen molar-refractivity contribution in [3.63, 3.8) is 0 Å². The van der Waals surface area contributed by atoms with Crippen LogP contribution in [0.4, 0.5) is 9.59 Å². The number of nitrogens with one attached hydrogen (secondary N) is 4. The maximum absolute atomic E-state index is 12.0. The SMILES string of the molecule is O=C(CCCCC1SCC2NC(=O)NC21)NCCOCCOCCNC(=O)OCC1C2CCC=CCCC21. The summed E-state index contributed by atoms with van der Waals surface area (Å²) in [6.07, 6.45) is 12.2. The second-order valence-corrected chi connectivity index (χ2v) is 11.9. The highest BCUT2D eigenvalue weighted by molar-refractivity contribution is 8.00. The van der Waals surface area contributed by atoms with E-state index in [9.17, 15) is 14.4 Å². The Labute approximate surface area is 230 Å². The number of rotatable bonds is 16. The van der Waals surface area contributed by atoms with Gasteiger partial charge in [0.05, 0.1) is 45.1 Å². The molecule has 0 aromatic heterocycles. The number of hydrogen-bond acceptors (Lipinski definition) is 7. The lowest BCUT2D eigenvalue weighted by molar-refractivity contribution is -0.121. The molecule has 4 aliphatic rings. The fourth-order valence-electron chi connectivity index (χ4n) is 5.84. The predicted molar refractivity (Wildman–Crippen MR) is 146 cm³/mol. The van der Waals surface area contributed by atoms with Gasteiger partial charge in [-0.3, -0.25) is 4.79 Å². The molecule has 5 atom stereocenters. The van der Waals surface area contributed by atoms with Gasteiger partial charge in [-0.15, -0.1) is 0 Å². The summed E-state index contributed by atoms with van der Waals surface area (Å²) in [4.78, 5) is 35.3. The quantitative estimate of drug-likeness (QED) is 0.132. The summed E-state index contributed by atoms with van der Waals surface area (Å²) >= 11 is 1.90. The van der Waals surface area contributed by atoms with Crippen molar-refractivity contribution < 1.29 is 28.6 Å². The van der Waals surface area contributed by atoms with Crippen LogP contribution in [0.25, 0.3) is 0 Å². The number of allylic oxidation sites excluding steroid dienone is 2. The average Bonchev–Trinajstić information content (AvgIpc) is 3.16. The third-order valence-corrected chi connectivity index (χ3v) is 9.46. The zero-order valence-electron chi connectivity index (χ0n) is 22.3. The highest BCUT2D eigenvalue weighted by atomic mass is 32.2. The van der Waals surface area contributed by atoms with Crippen molar-refractivity contribution in [2.24, 2.45) is 17.8 Å².